The van der Waals surface area contributed by atoms with Gasteiger partial charge in [0.1, 0.15) is 0 Å². The van der Waals surface area contributed by atoms with Crippen LogP contribution in [-0.4, -0.2) is 38.2 Å². The van der Waals surface area contributed by atoms with Gasteiger partial charge in [0.2, 0.25) is 30.1 Å². The predicted molar refractivity (Wildman–Crippen MR) is 310 cm³/mol. The first-order valence-electron chi connectivity index (χ1n) is 26.3. The lowest BCUT2D eigenvalue weighted by Gasteiger charge is -2.20. The number of sulfonamides is 3. The summed E-state index contributed by atoms with van der Waals surface area (Å²) in [6, 6.07) is 53.2. The van der Waals surface area contributed by atoms with Crippen molar-refractivity contribution in [2.75, 3.05) is 0 Å². The van der Waals surface area contributed by atoms with Crippen LogP contribution in [0.15, 0.2) is 178 Å². The van der Waals surface area contributed by atoms with Gasteiger partial charge >= 0.3 is 0 Å². The van der Waals surface area contributed by atoms with Crippen molar-refractivity contribution in [2.24, 2.45) is 0 Å². The Kier molecular flexibility index (Phi) is 11.9. The van der Waals surface area contributed by atoms with Gasteiger partial charge in [-0.05, 0) is 225 Å². The van der Waals surface area contributed by atoms with Crippen LogP contribution in [-0.2, 0) is 69.3 Å². The molecular formula is C66H57N3O6S3. The van der Waals surface area contributed by atoms with E-state index in [0.29, 0.717) is 0 Å². The van der Waals surface area contributed by atoms with Crippen molar-refractivity contribution in [2.45, 2.75) is 95.5 Å². The first kappa shape index (κ1) is 50.2. The largest absolute Gasteiger partial charge is 0.243 e. The third-order valence-corrected chi connectivity index (χ3v) is 22.3. The van der Waals surface area contributed by atoms with Crippen molar-refractivity contribution in [3.05, 3.63) is 231 Å². The number of hydrogen-bond acceptors (Lipinski definition) is 6. The minimum atomic E-state index is -3.89. The lowest BCUT2D eigenvalue weighted by molar-refractivity contribution is 0.431. The molecule has 0 spiro atoms. The summed E-state index contributed by atoms with van der Waals surface area (Å²) < 4.78 is 92.3. The minimum Gasteiger partial charge on any atom is -0.207 e. The molecule has 0 saturated heterocycles. The summed E-state index contributed by atoms with van der Waals surface area (Å²) in [5.74, 6) is 0. The Hall–Kier alpha value is -7.29. The number of fused-ring (bicyclic) bond motifs is 23. The number of benzene rings is 9. The van der Waals surface area contributed by atoms with Gasteiger partial charge in [-0.25, -0.2) is 25.3 Å². The molecule has 0 unspecified atom stereocenters. The molecule has 0 atom stereocenters. The van der Waals surface area contributed by atoms with Crippen molar-refractivity contribution < 1.29 is 25.3 Å². The molecule has 3 heterocycles. The Morgan fingerprint density at radius 2 is 0.603 bits per heavy atom. The monoisotopic (exact) mass is 1080 g/mol. The van der Waals surface area contributed by atoms with E-state index in [0.717, 1.165) is 134 Å². The Labute approximate surface area is 458 Å². The molecule has 9 nitrogen and oxygen atoms in total. The van der Waals surface area contributed by atoms with Gasteiger partial charge in [-0.1, -0.05) is 114 Å². The van der Waals surface area contributed by atoms with E-state index >= 15 is 0 Å². The Balaban J connectivity index is 1.06. The fourth-order valence-electron chi connectivity index (χ4n) is 12.4. The van der Waals surface area contributed by atoms with Crippen molar-refractivity contribution >= 4 is 30.1 Å². The van der Waals surface area contributed by atoms with Gasteiger partial charge in [-0.3, -0.25) is 0 Å². The summed E-state index contributed by atoms with van der Waals surface area (Å²) in [5.41, 5.74) is 22.9. The Bertz CT molecular complexity index is 4380. The summed E-state index contributed by atoms with van der Waals surface area (Å²) in [4.78, 5) is 0.752. The molecule has 0 saturated carbocycles. The standard InChI is InChI=1S/C66H57N3O6S3/c1-40-16-22-52(23-17-40)76(70,71)67-34-60-43(4)28-59-50-14-8-13-49(30-50)58-32-55(44(5)61-35-68(38-64(58)61)77(72,73)53-24-18-41(2)19-25-53)46-10-7-12-48(29-46)57-33-56(47-11-9-15-51(31-47)66(59)65(60)39-67)45(6)62-36-69(37-63(57)62)78(74,75)54-26-20-42(3)21-27-54/h7-33H,34-39H2,1-6H3. The zero-order valence-electron chi connectivity index (χ0n) is 44.3. The van der Waals surface area contributed by atoms with E-state index in [1.54, 1.807) is 49.3 Å². The quantitative estimate of drug-likeness (QED) is 0.164. The average Bonchev–Trinajstić information content (AvgIpc) is 4.41. The first-order valence-corrected chi connectivity index (χ1v) is 30.7. The number of hydrogen-bond donors (Lipinski definition) is 0. The molecule has 390 valence electrons. The van der Waals surface area contributed by atoms with Gasteiger partial charge in [0.25, 0.3) is 0 Å². The molecule has 0 amide bonds. The van der Waals surface area contributed by atoms with Crippen LogP contribution >= 0.6 is 0 Å². The third-order valence-electron chi connectivity index (χ3n) is 16.9. The first-order chi connectivity index (χ1) is 37.3. The lowest BCUT2D eigenvalue weighted by atomic mass is 9.83. The molecule has 9 aromatic rings. The molecular weight excluding hydrogens is 1030 g/mol. The maximum Gasteiger partial charge on any atom is 0.243 e. The summed E-state index contributed by atoms with van der Waals surface area (Å²) >= 11 is 0. The molecule has 78 heavy (non-hydrogen) atoms. The fourth-order valence-corrected chi connectivity index (χ4v) is 16.6. The predicted octanol–water partition coefficient (Wildman–Crippen LogP) is 14.0. The highest BCUT2D eigenvalue weighted by atomic mass is 32.2. The van der Waals surface area contributed by atoms with E-state index in [2.05, 4.69) is 112 Å². The molecule has 4 aliphatic rings. The summed E-state index contributed by atoms with van der Waals surface area (Å²) in [6.07, 6.45) is 0. The lowest BCUT2D eigenvalue weighted by Crippen LogP contribution is -2.25. The topological polar surface area (TPSA) is 112 Å². The van der Waals surface area contributed by atoms with E-state index < -0.39 is 30.1 Å². The van der Waals surface area contributed by atoms with Crippen LogP contribution in [0.1, 0.15) is 66.8 Å². The number of aryl methyl sites for hydroxylation is 4. The Morgan fingerprint density at radius 3 is 1.00 bits per heavy atom. The van der Waals surface area contributed by atoms with Gasteiger partial charge in [-0.2, -0.15) is 12.9 Å². The highest BCUT2D eigenvalue weighted by molar-refractivity contribution is 7.89. The average molecular weight is 1080 g/mol. The summed E-state index contributed by atoms with van der Waals surface area (Å²) in [5, 5.41) is 0. The molecule has 1 aliphatic carbocycles. The minimum absolute atomic E-state index is 0.169. The molecule has 0 N–H and O–H groups in total. The van der Waals surface area contributed by atoms with Gasteiger partial charge in [0, 0.05) is 39.3 Å². The van der Waals surface area contributed by atoms with Crippen molar-refractivity contribution in [3.63, 3.8) is 0 Å². The molecule has 10 bridgehead atoms. The van der Waals surface area contributed by atoms with Crippen molar-refractivity contribution in [3.8, 4) is 66.8 Å². The van der Waals surface area contributed by atoms with Crippen LogP contribution < -0.4 is 0 Å². The van der Waals surface area contributed by atoms with Crippen LogP contribution in [0.4, 0.5) is 0 Å². The summed E-state index contributed by atoms with van der Waals surface area (Å²) in [7, 11) is -11.7. The highest BCUT2D eigenvalue weighted by Crippen LogP contribution is 2.49. The zero-order valence-corrected chi connectivity index (χ0v) is 46.8. The van der Waals surface area contributed by atoms with Crippen LogP contribution in [0.3, 0.4) is 0 Å². The highest BCUT2D eigenvalue weighted by Gasteiger charge is 2.38. The Morgan fingerprint density at radius 1 is 0.295 bits per heavy atom. The van der Waals surface area contributed by atoms with E-state index in [1.165, 1.54) is 0 Å². The molecule has 0 fully saturated rings. The van der Waals surface area contributed by atoms with Gasteiger partial charge in [0.05, 0.1) is 14.7 Å². The fraction of sp³-hybridized carbons (Fsp3) is 0.182. The van der Waals surface area contributed by atoms with Gasteiger partial charge < -0.3 is 0 Å². The second-order valence-corrected chi connectivity index (χ2v) is 27.5. The molecule has 0 radical (unpaired) electrons. The SMILES string of the molecule is Cc1ccc(S(=O)(=O)N2Cc3c4cc(c(C)c3C2)-c2cccc(c2)-c2c(cc(C)c3c2CN(S(=O)(=O)c2ccc(C)cc2)C3)-c2cccc(c2)-c2cc(c(C)c3c2CN(S(=O)(=O)c2ccc(C)cc2)C3)-c2cccc-4c2)cc1. The number of nitrogens with zero attached hydrogens (tertiary/aromatic N) is 3. The maximum absolute atomic E-state index is 14.6. The molecule has 9 aromatic carbocycles. The van der Waals surface area contributed by atoms with Crippen LogP contribution in [0.2, 0.25) is 0 Å². The van der Waals surface area contributed by atoms with Crippen LogP contribution in [0, 0.1) is 41.5 Å². The third kappa shape index (κ3) is 8.14. The molecule has 12 heteroatoms. The molecule has 13 rings (SSSR count). The molecule has 0 aromatic heterocycles. The number of rotatable bonds is 6. The maximum atomic E-state index is 14.6. The second kappa shape index (κ2) is 18.4. The van der Waals surface area contributed by atoms with E-state index in [4.69, 9.17) is 0 Å². The van der Waals surface area contributed by atoms with E-state index in [9.17, 15) is 25.3 Å². The summed E-state index contributed by atoms with van der Waals surface area (Å²) in [6.45, 7) is 13.3. The second-order valence-electron chi connectivity index (χ2n) is 21.7. The smallest absolute Gasteiger partial charge is 0.207 e. The van der Waals surface area contributed by atoms with Crippen molar-refractivity contribution in [1.29, 1.82) is 0 Å². The van der Waals surface area contributed by atoms with Crippen LogP contribution in [0.5, 0.6) is 0 Å². The normalized spacial score (nSPS) is 15.2. The van der Waals surface area contributed by atoms with Crippen LogP contribution in [0.25, 0.3) is 66.8 Å². The molecule has 3 aliphatic heterocycles. The van der Waals surface area contributed by atoms with Gasteiger partial charge in [-0.15, -0.1) is 0 Å². The van der Waals surface area contributed by atoms with E-state index in [-0.39, 0.29) is 54.0 Å². The van der Waals surface area contributed by atoms with Crippen molar-refractivity contribution in [1.82, 2.24) is 12.9 Å². The van der Waals surface area contributed by atoms with Gasteiger partial charge in [0.15, 0.2) is 0 Å². The zero-order chi connectivity index (χ0) is 54.2. The van der Waals surface area contributed by atoms with E-state index in [1.807, 2.05) is 57.2 Å².